The van der Waals surface area contributed by atoms with Crippen LogP contribution in [0.1, 0.15) is 35.4 Å². The van der Waals surface area contributed by atoms with Crippen molar-refractivity contribution in [3.63, 3.8) is 0 Å². The van der Waals surface area contributed by atoms with Crippen molar-refractivity contribution in [1.29, 1.82) is 0 Å². The number of hydrogen-bond acceptors (Lipinski definition) is 8. The number of carbonyl (C=O) groups excluding carboxylic acids is 1. The minimum atomic E-state index is -4.35. The summed E-state index contributed by atoms with van der Waals surface area (Å²) in [6, 6.07) is 4.05. The quantitative estimate of drug-likeness (QED) is 0.287. The Morgan fingerprint density at radius 3 is 2.76 bits per heavy atom. The normalized spacial score (nSPS) is 15.5. The number of alkyl halides is 3. The summed E-state index contributed by atoms with van der Waals surface area (Å²) in [6.07, 6.45) is -1.96. The Bertz CT molecular complexity index is 1100. The van der Waals surface area contributed by atoms with Crippen LogP contribution in [0.3, 0.4) is 0 Å². The Kier molecular flexibility index (Phi) is 9.43. The van der Waals surface area contributed by atoms with Gasteiger partial charge in [-0.1, -0.05) is 0 Å². The van der Waals surface area contributed by atoms with Crippen molar-refractivity contribution in [2.75, 3.05) is 45.7 Å². The Morgan fingerprint density at radius 2 is 2.09 bits per heavy atom. The Morgan fingerprint density at radius 1 is 1.29 bits per heavy atom. The minimum absolute atomic E-state index is 0.279. The summed E-state index contributed by atoms with van der Waals surface area (Å²) in [4.78, 5) is 15.6. The highest BCUT2D eigenvalue weighted by atomic mass is 32.1. The second-order valence-corrected chi connectivity index (χ2v) is 9.81. The predicted octanol–water partition coefficient (Wildman–Crippen LogP) is 5.10. The van der Waals surface area contributed by atoms with Gasteiger partial charge in [0.15, 0.2) is 0 Å². The molecule has 34 heavy (non-hydrogen) atoms. The van der Waals surface area contributed by atoms with Crippen LogP contribution in [0.5, 0.6) is 0 Å². The zero-order chi connectivity index (χ0) is 24.7. The van der Waals surface area contributed by atoms with Crippen LogP contribution in [0.25, 0.3) is 20.8 Å². The maximum Gasteiger partial charge on any atom is 0.416 e. The molecule has 0 amide bonds. The van der Waals surface area contributed by atoms with E-state index >= 15 is 0 Å². The summed E-state index contributed by atoms with van der Waals surface area (Å²) in [5.74, 6) is 0. The number of anilines is 1. The number of benzene rings is 1. The van der Waals surface area contributed by atoms with Crippen molar-refractivity contribution in [1.82, 2.24) is 15.6 Å². The monoisotopic (exact) mass is 514 g/mol. The van der Waals surface area contributed by atoms with Gasteiger partial charge in [0.1, 0.15) is 11.3 Å². The zero-order valence-corrected chi connectivity index (χ0v) is 21.0. The number of methoxy groups -OCH3 is 1. The molecule has 1 aliphatic heterocycles. The standard InChI is InChI=1S/C17H16F3N3S2.C6H13NO2/c1-8-14-10(5-6-22-8)13(15(21-2)25-14)16-23-11-7-9(17(18,19)20)3-4-12(11)24-16;1-9-6-4-7-3-2-5-8/h3-4,7-8,21-22H,5-6H2,1-2H3;5,7H,2-4,6H2,1H3. The lowest BCUT2D eigenvalue weighted by molar-refractivity contribution is -0.137. The molecule has 1 aromatic carbocycles. The van der Waals surface area contributed by atoms with Crippen molar-refractivity contribution >= 4 is 44.2 Å². The van der Waals surface area contributed by atoms with Gasteiger partial charge in [-0.3, -0.25) is 0 Å². The van der Waals surface area contributed by atoms with Crippen LogP contribution >= 0.6 is 22.7 Å². The SMILES string of the molecule is CNc1sc2c(c1-c1nc3cc(C(F)(F)F)ccc3s1)CCNC2C.COCCNCCC=O. The molecule has 0 radical (unpaired) electrons. The molecule has 0 saturated heterocycles. The molecule has 3 aromatic rings. The van der Waals surface area contributed by atoms with E-state index in [-0.39, 0.29) is 6.04 Å². The van der Waals surface area contributed by atoms with E-state index in [1.807, 2.05) is 7.05 Å². The molecule has 0 spiro atoms. The van der Waals surface area contributed by atoms with Crippen LogP contribution in [0.4, 0.5) is 18.2 Å². The van der Waals surface area contributed by atoms with Crippen molar-refractivity contribution in [3.8, 4) is 10.6 Å². The molecule has 1 atom stereocenters. The number of fused-ring (bicyclic) bond motifs is 2. The summed E-state index contributed by atoms with van der Waals surface area (Å²) in [5.41, 5.74) is 2.05. The van der Waals surface area contributed by atoms with Gasteiger partial charge in [0.2, 0.25) is 0 Å². The lowest BCUT2D eigenvalue weighted by Gasteiger charge is -2.20. The van der Waals surface area contributed by atoms with E-state index in [9.17, 15) is 18.0 Å². The van der Waals surface area contributed by atoms with Gasteiger partial charge in [0.05, 0.1) is 27.4 Å². The lowest BCUT2D eigenvalue weighted by Crippen LogP contribution is -2.26. The van der Waals surface area contributed by atoms with Gasteiger partial charge in [-0.05, 0) is 43.7 Å². The molecule has 6 nitrogen and oxygen atoms in total. The third kappa shape index (κ3) is 6.33. The Balaban J connectivity index is 0.000000309. The number of carbonyl (C=O) groups is 1. The highest BCUT2D eigenvalue weighted by molar-refractivity contribution is 7.22. The fraction of sp³-hybridized carbons (Fsp3) is 0.478. The average Bonchev–Trinajstić information content (AvgIpc) is 3.40. The van der Waals surface area contributed by atoms with Gasteiger partial charge in [0, 0.05) is 50.2 Å². The van der Waals surface area contributed by atoms with Crippen molar-refractivity contribution in [2.24, 2.45) is 0 Å². The molecule has 186 valence electrons. The summed E-state index contributed by atoms with van der Waals surface area (Å²) < 4.78 is 44.4. The van der Waals surface area contributed by atoms with E-state index in [1.165, 1.54) is 27.8 Å². The maximum absolute atomic E-state index is 12.9. The molecule has 0 bridgehead atoms. The molecular formula is C23H29F3N4O2S2. The number of hydrogen-bond donors (Lipinski definition) is 3. The topological polar surface area (TPSA) is 75.3 Å². The Labute approximate surface area is 204 Å². The number of aldehydes is 1. The van der Waals surface area contributed by atoms with E-state index in [1.54, 1.807) is 18.4 Å². The van der Waals surface area contributed by atoms with E-state index < -0.39 is 11.7 Å². The first kappa shape index (κ1) is 26.6. The van der Waals surface area contributed by atoms with Crippen LogP contribution in [-0.2, 0) is 22.1 Å². The zero-order valence-electron chi connectivity index (χ0n) is 19.3. The summed E-state index contributed by atoms with van der Waals surface area (Å²) in [6.45, 7) is 5.31. The molecule has 0 aliphatic carbocycles. The second kappa shape index (κ2) is 12.1. The molecule has 1 aliphatic rings. The minimum Gasteiger partial charge on any atom is -0.383 e. The first-order valence-corrected chi connectivity index (χ1v) is 12.6. The fourth-order valence-electron chi connectivity index (χ4n) is 3.66. The number of thiazole rings is 1. The molecule has 2 aromatic heterocycles. The number of rotatable bonds is 8. The maximum atomic E-state index is 12.9. The van der Waals surface area contributed by atoms with E-state index in [2.05, 4.69) is 27.9 Å². The Hall–Kier alpha value is -2.05. The third-order valence-corrected chi connectivity index (χ3v) is 7.82. The number of thiophene rings is 1. The first-order valence-electron chi connectivity index (χ1n) is 11.0. The van der Waals surface area contributed by atoms with Gasteiger partial charge in [-0.25, -0.2) is 4.98 Å². The summed E-state index contributed by atoms with van der Waals surface area (Å²) in [7, 11) is 3.52. The van der Waals surface area contributed by atoms with Crippen molar-refractivity contribution < 1.29 is 22.7 Å². The highest BCUT2D eigenvalue weighted by Crippen LogP contribution is 2.47. The summed E-state index contributed by atoms with van der Waals surface area (Å²) >= 11 is 3.14. The van der Waals surface area contributed by atoms with Crippen molar-refractivity contribution in [2.45, 2.75) is 32.0 Å². The van der Waals surface area contributed by atoms with Crippen LogP contribution in [0.2, 0.25) is 0 Å². The fourth-order valence-corrected chi connectivity index (χ4v) is 5.98. The molecule has 0 saturated carbocycles. The molecule has 4 rings (SSSR count). The van der Waals surface area contributed by atoms with E-state index in [4.69, 9.17) is 4.74 Å². The van der Waals surface area contributed by atoms with E-state index in [0.717, 1.165) is 64.7 Å². The molecule has 3 heterocycles. The molecule has 1 unspecified atom stereocenters. The molecular weight excluding hydrogens is 485 g/mol. The van der Waals surface area contributed by atoms with Gasteiger partial charge in [0.25, 0.3) is 0 Å². The second-order valence-electron chi connectivity index (χ2n) is 7.72. The average molecular weight is 515 g/mol. The number of aromatic nitrogens is 1. The number of ether oxygens (including phenoxy) is 1. The van der Waals surface area contributed by atoms with Crippen LogP contribution in [-0.4, -0.2) is 51.7 Å². The molecule has 0 fully saturated rings. The first-order chi connectivity index (χ1) is 16.3. The van der Waals surface area contributed by atoms with Crippen molar-refractivity contribution in [3.05, 3.63) is 34.2 Å². The van der Waals surface area contributed by atoms with Crippen LogP contribution in [0.15, 0.2) is 18.2 Å². The van der Waals surface area contributed by atoms with Gasteiger partial charge in [-0.15, -0.1) is 22.7 Å². The van der Waals surface area contributed by atoms with Crippen LogP contribution in [0, 0.1) is 0 Å². The number of nitrogens with one attached hydrogen (secondary N) is 3. The number of halogens is 3. The van der Waals surface area contributed by atoms with Gasteiger partial charge in [-0.2, -0.15) is 13.2 Å². The number of nitrogens with zero attached hydrogens (tertiary/aromatic N) is 1. The van der Waals surface area contributed by atoms with Gasteiger partial charge < -0.3 is 25.5 Å². The van der Waals surface area contributed by atoms with E-state index in [0.29, 0.717) is 18.5 Å². The van der Waals surface area contributed by atoms with Gasteiger partial charge >= 0.3 is 6.18 Å². The predicted molar refractivity (Wildman–Crippen MR) is 133 cm³/mol. The highest BCUT2D eigenvalue weighted by Gasteiger charge is 2.31. The largest absolute Gasteiger partial charge is 0.416 e. The molecule has 11 heteroatoms. The third-order valence-electron chi connectivity index (χ3n) is 5.33. The summed E-state index contributed by atoms with van der Waals surface area (Å²) in [5, 5.41) is 11.5. The smallest absolute Gasteiger partial charge is 0.383 e. The molecule has 3 N–H and O–H groups in total. The lowest BCUT2D eigenvalue weighted by atomic mass is 10.0. The van der Waals surface area contributed by atoms with Crippen LogP contribution < -0.4 is 16.0 Å².